The maximum Gasteiger partial charge on any atom is 0.407 e. The second-order valence-electron chi connectivity index (χ2n) is 8.28. The van der Waals surface area contributed by atoms with Gasteiger partial charge in [0.1, 0.15) is 5.60 Å². The first-order valence-corrected chi connectivity index (χ1v) is 10.5. The summed E-state index contributed by atoms with van der Waals surface area (Å²) in [6, 6.07) is 6.68. The van der Waals surface area contributed by atoms with Crippen LogP contribution in [0.3, 0.4) is 0 Å². The number of ether oxygens (including phenoxy) is 2. The topological polar surface area (TPSA) is 127 Å². The smallest absolute Gasteiger partial charge is 0.407 e. The number of methoxy groups -OCH3 is 1. The zero-order valence-electron chi connectivity index (χ0n) is 19.6. The van der Waals surface area contributed by atoms with E-state index in [0.29, 0.717) is 22.2 Å². The van der Waals surface area contributed by atoms with Crippen LogP contribution >= 0.6 is 0 Å². The lowest BCUT2D eigenvalue weighted by molar-refractivity contribution is -0.125. The van der Waals surface area contributed by atoms with Crippen LogP contribution in [0.25, 0.3) is 10.9 Å². The normalized spacial score (nSPS) is 10.9. The molecule has 33 heavy (non-hydrogen) atoms. The minimum absolute atomic E-state index is 0.00183. The summed E-state index contributed by atoms with van der Waals surface area (Å²) in [6.45, 7) is 5.71. The summed E-state index contributed by atoms with van der Waals surface area (Å²) < 4.78 is 9.91. The Balaban J connectivity index is 1.86. The summed E-state index contributed by atoms with van der Waals surface area (Å²) >= 11 is 0. The lowest BCUT2D eigenvalue weighted by Gasteiger charge is -2.19. The van der Waals surface area contributed by atoms with Crippen molar-refractivity contribution in [1.29, 1.82) is 0 Å². The largest absolute Gasteiger partial charge is 0.465 e. The number of rotatable bonds is 8. The van der Waals surface area contributed by atoms with Crippen molar-refractivity contribution in [3.8, 4) is 0 Å². The van der Waals surface area contributed by atoms with E-state index in [-0.39, 0.29) is 37.7 Å². The number of alkyl carbamates (subject to hydrolysis) is 1. The molecule has 0 saturated carbocycles. The molecule has 2 aromatic rings. The summed E-state index contributed by atoms with van der Waals surface area (Å²) in [5.41, 5.74) is 0.918. The molecule has 0 atom stereocenters. The number of pyridine rings is 1. The molecule has 0 bridgehead atoms. The molecule has 0 radical (unpaired) electrons. The van der Waals surface area contributed by atoms with Gasteiger partial charge in [0.25, 0.3) is 0 Å². The van der Waals surface area contributed by atoms with Crippen molar-refractivity contribution in [2.45, 2.75) is 39.2 Å². The number of esters is 1. The highest BCUT2D eigenvalue weighted by Crippen LogP contribution is 2.24. The van der Waals surface area contributed by atoms with Gasteiger partial charge < -0.3 is 25.0 Å². The number of carbonyl (C=O) groups is 4. The van der Waals surface area contributed by atoms with Gasteiger partial charge in [-0.1, -0.05) is 0 Å². The molecule has 1 aromatic carbocycles. The predicted octanol–water partition coefficient (Wildman–Crippen LogP) is 2.41. The van der Waals surface area contributed by atoms with Gasteiger partial charge in [-0.3, -0.25) is 14.6 Å². The molecule has 0 aliphatic heterocycles. The molecule has 3 amide bonds. The van der Waals surface area contributed by atoms with Crippen LogP contribution in [0.5, 0.6) is 0 Å². The van der Waals surface area contributed by atoms with Crippen LogP contribution in [0.2, 0.25) is 0 Å². The molecule has 10 heteroatoms. The Labute approximate surface area is 192 Å². The summed E-state index contributed by atoms with van der Waals surface area (Å²) in [4.78, 5) is 53.8. The Morgan fingerprint density at radius 3 is 2.39 bits per heavy atom. The first kappa shape index (κ1) is 25.6. The Bertz CT molecular complexity index is 1030. The number of aromatic nitrogens is 1. The lowest BCUT2D eigenvalue weighted by atomic mass is 10.1. The van der Waals surface area contributed by atoms with Crippen molar-refractivity contribution in [2.24, 2.45) is 0 Å². The fourth-order valence-electron chi connectivity index (χ4n) is 2.93. The van der Waals surface area contributed by atoms with Gasteiger partial charge in [-0.2, -0.15) is 0 Å². The third-order valence-electron chi connectivity index (χ3n) is 4.57. The zero-order valence-corrected chi connectivity index (χ0v) is 19.6. The molecule has 0 spiro atoms. The average molecular weight is 459 g/mol. The molecule has 0 aliphatic rings. The monoisotopic (exact) mass is 458 g/mol. The van der Waals surface area contributed by atoms with E-state index in [0.717, 1.165) is 0 Å². The molecular weight excluding hydrogens is 428 g/mol. The number of hydrogen-bond donors (Lipinski definition) is 2. The Hall–Kier alpha value is -3.69. The van der Waals surface area contributed by atoms with Crippen LogP contribution in [0.15, 0.2) is 30.5 Å². The Morgan fingerprint density at radius 1 is 1.03 bits per heavy atom. The van der Waals surface area contributed by atoms with E-state index in [2.05, 4.69) is 15.6 Å². The van der Waals surface area contributed by atoms with Crippen molar-refractivity contribution in [3.05, 3.63) is 36.0 Å². The van der Waals surface area contributed by atoms with Crippen LogP contribution in [-0.4, -0.2) is 61.7 Å². The molecule has 1 aromatic heterocycles. The van der Waals surface area contributed by atoms with Crippen molar-refractivity contribution < 1.29 is 28.7 Å². The quantitative estimate of drug-likeness (QED) is 0.459. The molecule has 0 saturated heterocycles. The minimum atomic E-state index is -0.595. The van der Waals surface area contributed by atoms with Crippen LogP contribution < -0.4 is 15.5 Å². The SMILES string of the molecule is COC(=O)c1ccnc2ccc(N(C)C(=O)CCC(=O)NCCNC(=O)OC(C)(C)C)cc12. The van der Waals surface area contributed by atoms with Gasteiger partial charge in [-0.25, -0.2) is 9.59 Å². The molecule has 10 nitrogen and oxygen atoms in total. The van der Waals surface area contributed by atoms with Gasteiger partial charge in [0, 0.05) is 50.2 Å². The molecule has 0 fully saturated rings. The van der Waals surface area contributed by atoms with E-state index in [1.54, 1.807) is 52.1 Å². The first-order valence-electron chi connectivity index (χ1n) is 10.5. The van der Waals surface area contributed by atoms with Gasteiger partial charge in [-0.05, 0) is 45.0 Å². The fourth-order valence-corrected chi connectivity index (χ4v) is 2.93. The lowest BCUT2D eigenvalue weighted by Crippen LogP contribution is -2.38. The Kier molecular flexibility index (Phi) is 8.72. The highest BCUT2D eigenvalue weighted by molar-refractivity contribution is 6.05. The van der Waals surface area contributed by atoms with Crippen LogP contribution in [0.1, 0.15) is 44.0 Å². The fraction of sp³-hybridized carbons (Fsp3) is 0.435. The number of amides is 3. The van der Waals surface area contributed by atoms with E-state index < -0.39 is 17.7 Å². The first-order chi connectivity index (χ1) is 15.5. The van der Waals surface area contributed by atoms with Crippen molar-refractivity contribution in [3.63, 3.8) is 0 Å². The average Bonchev–Trinajstić information content (AvgIpc) is 2.77. The molecule has 2 rings (SSSR count). The predicted molar refractivity (Wildman–Crippen MR) is 123 cm³/mol. The minimum Gasteiger partial charge on any atom is -0.465 e. The van der Waals surface area contributed by atoms with Crippen LogP contribution in [-0.2, 0) is 19.1 Å². The van der Waals surface area contributed by atoms with Crippen molar-refractivity contribution >= 4 is 40.5 Å². The van der Waals surface area contributed by atoms with Gasteiger partial charge >= 0.3 is 12.1 Å². The molecular formula is C23H30N4O6. The molecule has 2 N–H and O–H groups in total. The van der Waals surface area contributed by atoms with Gasteiger partial charge in [0.2, 0.25) is 11.8 Å². The highest BCUT2D eigenvalue weighted by Gasteiger charge is 2.17. The van der Waals surface area contributed by atoms with Crippen LogP contribution in [0.4, 0.5) is 10.5 Å². The van der Waals surface area contributed by atoms with Crippen molar-refractivity contribution in [2.75, 3.05) is 32.1 Å². The number of fused-ring (bicyclic) bond motifs is 1. The van der Waals surface area contributed by atoms with E-state index in [1.165, 1.54) is 18.2 Å². The highest BCUT2D eigenvalue weighted by atomic mass is 16.6. The Morgan fingerprint density at radius 2 is 1.73 bits per heavy atom. The molecule has 0 unspecified atom stereocenters. The van der Waals surface area contributed by atoms with Crippen molar-refractivity contribution in [1.82, 2.24) is 15.6 Å². The van der Waals surface area contributed by atoms with Gasteiger partial charge in [0.15, 0.2) is 0 Å². The molecule has 1 heterocycles. The third-order valence-corrected chi connectivity index (χ3v) is 4.57. The number of benzene rings is 1. The van der Waals surface area contributed by atoms with E-state index >= 15 is 0 Å². The summed E-state index contributed by atoms with van der Waals surface area (Å²) in [7, 11) is 2.90. The number of carbonyl (C=O) groups excluding carboxylic acids is 4. The van der Waals surface area contributed by atoms with E-state index in [1.807, 2.05) is 0 Å². The third kappa shape index (κ3) is 7.74. The second kappa shape index (κ2) is 11.3. The van der Waals surface area contributed by atoms with E-state index in [9.17, 15) is 19.2 Å². The summed E-state index contributed by atoms with van der Waals surface area (Å²) in [5, 5.41) is 5.75. The summed E-state index contributed by atoms with van der Waals surface area (Å²) in [5.74, 6) is -1.07. The maximum absolute atomic E-state index is 12.6. The number of nitrogens with zero attached hydrogens (tertiary/aromatic N) is 2. The van der Waals surface area contributed by atoms with Crippen LogP contribution in [0, 0.1) is 0 Å². The number of hydrogen-bond acceptors (Lipinski definition) is 7. The standard InChI is InChI=1S/C23H30N4O6/c1-23(2,3)33-22(31)26-13-12-25-19(28)8-9-20(29)27(4)15-6-7-18-17(14-15)16(10-11-24-18)21(30)32-5/h6-7,10-11,14H,8-9,12-13H2,1-5H3,(H,25,28)(H,26,31). The number of nitrogens with one attached hydrogen (secondary N) is 2. The maximum atomic E-state index is 12.6. The molecule has 0 aliphatic carbocycles. The summed E-state index contributed by atoms with van der Waals surface area (Å²) in [6.07, 6.45) is 0.953. The molecule has 178 valence electrons. The zero-order chi connectivity index (χ0) is 24.6. The van der Waals surface area contributed by atoms with Gasteiger partial charge in [-0.15, -0.1) is 0 Å². The van der Waals surface area contributed by atoms with E-state index in [4.69, 9.17) is 9.47 Å². The number of anilines is 1. The van der Waals surface area contributed by atoms with Gasteiger partial charge in [0.05, 0.1) is 18.2 Å². The second-order valence-corrected chi connectivity index (χ2v) is 8.28.